The van der Waals surface area contributed by atoms with Gasteiger partial charge in [-0.15, -0.1) is 0 Å². The Morgan fingerprint density at radius 3 is 2.84 bits per heavy atom. The van der Waals surface area contributed by atoms with Crippen LogP contribution in [0.25, 0.3) is 11.2 Å². The second-order valence-corrected chi connectivity index (χ2v) is 5.11. The van der Waals surface area contributed by atoms with Crippen LogP contribution in [0.15, 0.2) is 41.0 Å². The topological polar surface area (TPSA) is 93.4 Å². The van der Waals surface area contributed by atoms with Gasteiger partial charge < -0.3 is 10.7 Å². The number of nitrogens with one attached hydrogen (secondary N) is 1. The van der Waals surface area contributed by atoms with Gasteiger partial charge >= 0.3 is 0 Å². The first-order chi connectivity index (χ1) is 9.24. The van der Waals surface area contributed by atoms with Gasteiger partial charge in [0.15, 0.2) is 5.65 Å². The molecule has 3 aromatic rings. The molecule has 0 aliphatic heterocycles. The van der Waals surface area contributed by atoms with Crippen molar-refractivity contribution in [1.82, 2.24) is 24.9 Å². The summed E-state index contributed by atoms with van der Waals surface area (Å²) in [5, 5.41) is 1.67. The largest absolute Gasteiger partial charge is 0.341 e. The van der Waals surface area contributed by atoms with Crippen LogP contribution in [0.3, 0.4) is 0 Å². The van der Waals surface area contributed by atoms with Gasteiger partial charge in [-0.25, -0.2) is 19.9 Å². The number of hydrogen-bond acceptors (Lipinski definition) is 6. The van der Waals surface area contributed by atoms with Crippen LogP contribution in [0.4, 0.5) is 0 Å². The Morgan fingerprint density at radius 2 is 2.11 bits per heavy atom. The molecule has 19 heavy (non-hydrogen) atoms. The molecule has 0 spiro atoms. The molecule has 0 unspecified atom stereocenters. The number of nitrogens with zero attached hydrogens (tertiary/aromatic N) is 4. The highest BCUT2D eigenvalue weighted by molar-refractivity contribution is 7.99. The van der Waals surface area contributed by atoms with Gasteiger partial charge in [-0.1, -0.05) is 6.07 Å². The first kappa shape index (κ1) is 12.1. The molecular formula is C12H12N6S. The van der Waals surface area contributed by atoms with E-state index in [4.69, 9.17) is 5.73 Å². The number of nitrogens with two attached hydrogens (primary N) is 1. The molecule has 3 heterocycles. The lowest BCUT2D eigenvalue weighted by Gasteiger charge is -2.05. The minimum Gasteiger partial charge on any atom is -0.341 e. The maximum Gasteiger partial charge on any atom is 0.181 e. The molecule has 0 amide bonds. The highest BCUT2D eigenvalue weighted by Crippen LogP contribution is 2.28. The Morgan fingerprint density at radius 1 is 1.21 bits per heavy atom. The van der Waals surface area contributed by atoms with Crippen molar-refractivity contribution in [2.45, 2.75) is 23.0 Å². The summed E-state index contributed by atoms with van der Waals surface area (Å²) < 4.78 is 0. The van der Waals surface area contributed by atoms with Gasteiger partial charge in [0.1, 0.15) is 21.9 Å². The zero-order valence-electron chi connectivity index (χ0n) is 10.2. The van der Waals surface area contributed by atoms with Gasteiger partial charge in [-0.2, -0.15) is 0 Å². The molecule has 0 fully saturated rings. The van der Waals surface area contributed by atoms with E-state index in [9.17, 15) is 0 Å². The summed E-state index contributed by atoms with van der Waals surface area (Å²) in [6.45, 7) is 1.93. The fourth-order valence-corrected chi connectivity index (χ4v) is 2.43. The van der Waals surface area contributed by atoms with Crippen molar-refractivity contribution in [3.63, 3.8) is 0 Å². The number of rotatable bonds is 3. The van der Waals surface area contributed by atoms with E-state index in [1.54, 1.807) is 12.5 Å². The standard InChI is InChI=1S/C12H12N6S/c1-7(13)8-2-3-9(14-4-8)19-12-10-11(16-5-15-10)17-6-18-12/h2-7H,13H2,1H3,(H,15,16,17,18)/t7-/m1/s1. The van der Waals surface area contributed by atoms with E-state index in [1.165, 1.54) is 18.1 Å². The second kappa shape index (κ2) is 4.94. The molecule has 0 radical (unpaired) electrons. The lowest BCUT2D eigenvalue weighted by atomic mass is 10.2. The molecule has 7 heteroatoms. The Kier molecular flexibility index (Phi) is 3.14. The van der Waals surface area contributed by atoms with Crippen LogP contribution >= 0.6 is 11.8 Å². The molecule has 0 aliphatic rings. The fraction of sp³-hybridized carbons (Fsp3) is 0.167. The molecule has 3 N–H and O–H groups in total. The average Bonchev–Trinajstić information content (AvgIpc) is 2.89. The molecule has 3 rings (SSSR count). The molecule has 96 valence electrons. The minimum absolute atomic E-state index is 0.00934. The molecule has 0 saturated heterocycles. The smallest absolute Gasteiger partial charge is 0.181 e. The van der Waals surface area contributed by atoms with Crippen LogP contribution in [0.2, 0.25) is 0 Å². The highest BCUT2D eigenvalue weighted by atomic mass is 32.2. The number of pyridine rings is 1. The van der Waals surface area contributed by atoms with Crippen LogP contribution < -0.4 is 5.73 Å². The van der Waals surface area contributed by atoms with Crippen molar-refractivity contribution in [3.8, 4) is 0 Å². The second-order valence-electron chi connectivity index (χ2n) is 4.10. The molecule has 0 aromatic carbocycles. The van der Waals surface area contributed by atoms with E-state index in [-0.39, 0.29) is 6.04 Å². The number of aromatic amines is 1. The van der Waals surface area contributed by atoms with E-state index in [0.717, 1.165) is 21.1 Å². The molecular weight excluding hydrogens is 260 g/mol. The summed E-state index contributed by atoms with van der Waals surface area (Å²) in [5.74, 6) is 0. The normalized spacial score (nSPS) is 12.7. The Bertz CT molecular complexity index is 691. The van der Waals surface area contributed by atoms with E-state index >= 15 is 0 Å². The van der Waals surface area contributed by atoms with Crippen LogP contribution in [0, 0.1) is 0 Å². The summed E-state index contributed by atoms with van der Waals surface area (Å²) in [5.41, 5.74) is 8.29. The van der Waals surface area contributed by atoms with Crippen molar-refractivity contribution in [3.05, 3.63) is 36.5 Å². The first-order valence-electron chi connectivity index (χ1n) is 5.77. The number of hydrogen-bond donors (Lipinski definition) is 2. The van der Waals surface area contributed by atoms with Crippen molar-refractivity contribution >= 4 is 22.9 Å². The van der Waals surface area contributed by atoms with Crippen LogP contribution in [-0.2, 0) is 0 Å². The van der Waals surface area contributed by atoms with Crippen LogP contribution in [0.1, 0.15) is 18.5 Å². The van der Waals surface area contributed by atoms with Crippen LogP contribution in [0.5, 0.6) is 0 Å². The molecule has 6 nitrogen and oxygen atoms in total. The Labute approximate surface area is 113 Å². The maximum absolute atomic E-state index is 5.80. The number of fused-ring (bicyclic) bond motifs is 1. The molecule has 0 bridgehead atoms. The summed E-state index contributed by atoms with van der Waals surface area (Å²) in [6.07, 6.45) is 4.90. The zero-order valence-corrected chi connectivity index (χ0v) is 11.1. The summed E-state index contributed by atoms with van der Waals surface area (Å²) in [4.78, 5) is 19.8. The van der Waals surface area contributed by atoms with E-state index in [2.05, 4.69) is 24.9 Å². The predicted molar refractivity (Wildman–Crippen MR) is 72.6 cm³/mol. The third-order valence-corrected chi connectivity index (χ3v) is 3.63. The van der Waals surface area contributed by atoms with Gasteiger partial charge in [-0.3, -0.25) is 0 Å². The lowest BCUT2D eigenvalue weighted by Crippen LogP contribution is -2.04. The van der Waals surface area contributed by atoms with E-state index in [0.29, 0.717) is 5.65 Å². The average molecular weight is 272 g/mol. The molecule has 0 saturated carbocycles. The third-order valence-electron chi connectivity index (χ3n) is 2.67. The number of aromatic nitrogens is 5. The summed E-state index contributed by atoms with van der Waals surface area (Å²) in [7, 11) is 0. The zero-order chi connectivity index (χ0) is 13.2. The van der Waals surface area contributed by atoms with Gasteiger partial charge in [0, 0.05) is 12.2 Å². The number of imidazole rings is 1. The van der Waals surface area contributed by atoms with Crippen LogP contribution in [-0.4, -0.2) is 24.9 Å². The van der Waals surface area contributed by atoms with E-state index < -0.39 is 0 Å². The van der Waals surface area contributed by atoms with Crippen molar-refractivity contribution < 1.29 is 0 Å². The maximum atomic E-state index is 5.80. The van der Waals surface area contributed by atoms with Crippen molar-refractivity contribution in [2.75, 3.05) is 0 Å². The van der Waals surface area contributed by atoms with Gasteiger partial charge in [0.25, 0.3) is 0 Å². The fourth-order valence-electron chi connectivity index (χ4n) is 1.64. The van der Waals surface area contributed by atoms with Crippen molar-refractivity contribution in [1.29, 1.82) is 0 Å². The summed E-state index contributed by atoms with van der Waals surface area (Å²) >= 11 is 1.47. The molecule has 1 atom stereocenters. The van der Waals surface area contributed by atoms with Crippen molar-refractivity contribution in [2.24, 2.45) is 5.73 Å². The Balaban J connectivity index is 1.90. The minimum atomic E-state index is -0.00934. The van der Waals surface area contributed by atoms with Gasteiger partial charge in [0.2, 0.25) is 0 Å². The monoisotopic (exact) mass is 272 g/mol. The highest BCUT2D eigenvalue weighted by Gasteiger charge is 2.08. The number of H-pyrrole nitrogens is 1. The summed E-state index contributed by atoms with van der Waals surface area (Å²) in [6, 6.07) is 3.91. The SMILES string of the molecule is C[C@@H](N)c1ccc(Sc2ncnc3nc[nH]c23)nc1. The van der Waals surface area contributed by atoms with E-state index in [1.807, 2.05) is 19.1 Å². The first-order valence-corrected chi connectivity index (χ1v) is 6.59. The molecule has 0 aliphatic carbocycles. The van der Waals surface area contributed by atoms with Gasteiger partial charge in [0.05, 0.1) is 6.33 Å². The third kappa shape index (κ3) is 2.42. The molecule has 3 aromatic heterocycles. The lowest BCUT2D eigenvalue weighted by molar-refractivity contribution is 0.806. The Hall–Kier alpha value is -1.99. The predicted octanol–water partition coefficient (Wildman–Crippen LogP) is 1.92. The quantitative estimate of drug-likeness (QED) is 0.707. The van der Waals surface area contributed by atoms with Gasteiger partial charge in [-0.05, 0) is 30.3 Å².